The van der Waals surface area contributed by atoms with Gasteiger partial charge in [-0.1, -0.05) is 45.4 Å². The molecule has 1 amide bonds. The molecule has 1 saturated carbocycles. The fourth-order valence-corrected chi connectivity index (χ4v) is 6.92. The van der Waals surface area contributed by atoms with Crippen molar-refractivity contribution < 1.29 is 28.2 Å². The van der Waals surface area contributed by atoms with Crippen LogP contribution < -0.4 is 10.1 Å². The highest BCUT2D eigenvalue weighted by Gasteiger charge is 2.57. The zero-order valence-corrected chi connectivity index (χ0v) is 27.8. The Kier molecular flexibility index (Phi) is 8.33. The van der Waals surface area contributed by atoms with E-state index < -0.39 is 26.4 Å². The number of fused-ring (bicyclic) bond motifs is 2. The van der Waals surface area contributed by atoms with Crippen molar-refractivity contribution in [1.29, 1.82) is 0 Å². The van der Waals surface area contributed by atoms with Crippen LogP contribution in [0.5, 0.6) is 6.01 Å². The monoisotopic (exact) mass is 623 g/mol. The average Bonchev–Trinajstić information content (AvgIpc) is 3.60. The number of amides is 1. The first-order chi connectivity index (χ1) is 20.8. The lowest BCUT2D eigenvalue weighted by molar-refractivity contribution is -0.199. The molecular formula is C32H45N5O6Si. The second-order valence-electron chi connectivity index (χ2n) is 14.1. The zero-order chi connectivity index (χ0) is 31.3. The summed E-state index contributed by atoms with van der Waals surface area (Å²) in [5.41, 5.74) is 1.42. The SMILES string of the molecule is CC1(C)O[C@@H]2[C@H](O1)[C@@H](CO[Si](C)(C)C(C)(C)C)O[C@H]2n1c(OC2CCCCC2)nc2c(NC(=O)c3ccccc3)ncnc21. The van der Waals surface area contributed by atoms with Crippen LogP contribution in [0.25, 0.3) is 11.2 Å². The molecule has 2 aliphatic heterocycles. The van der Waals surface area contributed by atoms with Gasteiger partial charge in [0.2, 0.25) is 0 Å². The summed E-state index contributed by atoms with van der Waals surface area (Å²) < 4.78 is 34.7. The van der Waals surface area contributed by atoms with E-state index in [-0.39, 0.29) is 29.3 Å². The fourth-order valence-electron chi connectivity index (χ4n) is 5.90. The molecule has 6 rings (SSSR count). The van der Waals surface area contributed by atoms with E-state index in [0.717, 1.165) is 25.7 Å². The third-order valence-corrected chi connectivity index (χ3v) is 13.8. The molecule has 12 heteroatoms. The van der Waals surface area contributed by atoms with E-state index in [4.69, 9.17) is 28.4 Å². The van der Waals surface area contributed by atoms with E-state index in [1.54, 1.807) is 12.1 Å². The predicted molar refractivity (Wildman–Crippen MR) is 168 cm³/mol. The Morgan fingerprint density at radius 1 is 1.07 bits per heavy atom. The van der Waals surface area contributed by atoms with Gasteiger partial charge in [-0.25, -0.2) is 14.5 Å². The van der Waals surface area contributed by atoms with E-state index in [9.17, 15) is 4.79 Å². The number of anilines is 1. The molecule has 1 aromatic carbocycles. The number of aromatic nitrogens is 4. The lowest BCUT2D eigenvalue weighted by Gasteiger charge is -2.37. The van der Waals surface area contributed by atoms with Crippen LogP contribution in [0.2, 0.25) is 18.1 Å². The molecule has 4 atom stereocenters. The molecule has 3 fully saturated rings. The van der Waals surface area contributed by atoms with Gasteiger partial charge in [-0.2, -0.15) is 4.98 Å². The Bertz CT molecular complexity index is 1480. The van der Waals surface area contributed by atoms with Gasteiger partial charge in [-0.3, -0.25) is 4.79 Å². The number of carbonyl (C=O) groups is 1. The molecule has 0 radical (unpaired) electrons. The molecular weight excluding hydrogens is 578 g/mol. The largest absolute Gasteiger partial charge is 0.461 e. The van der Waals surface area contributed by atoms with Crippen molar-refractivity contribution in [3.63, 3.8) is 0 Å². The third kappa shape index (κ3) is 6.14. The molecule has 44 heavy (non-hydrogen) atoms. The third-order valence-electron chi connectivity index (χ3n) is 9.33. The van der Waals surface area contributed by atoms with Crippen molar-refractivity contribution in [1.82, 2.24) is 19.5 Å². The summed E-state index contributed by atoms with van der Waals surface area (Å²) in [5.74, 6) is -0.798. The molecule has 0 unspecified atom stereocenters. The van der Waals surface area contributed by atoms with Gasteiger partial charge in [0.1, 0.15) is 30.7 Å². The van der Waals surface area contributed by atoms with Crippen LogP contribution in [0.15, 0.2) is 36.7 Å². The van der Waals surface area contributed by atoms with Crippen molar-refractivity contribution in [2.45, 2.75) is 121 Å². The summed E-state index contributed by atoms with van der Waals surface area (Å²) >= 11 is 0. The van der Waals surface area contributed by atoms with Gasteiger partial charge in [-0.15, -0.1) is 0 Å². The van der Waals surface area contributed by atoms with Crippen molar-refractivity contribution >= 4 is 31.2 Å². The van der Waals surface area contributed by atoms with Crippen LogP contribution in [0.3, 0.4) is 0 Å². The second kappa shape index (κ2) is 11.8. The molecule has 3 aliphatic rings. The molecule has 2 saturated heterocycles. The molecule has 11 nitrogen and oxygen atoms in total. The van der Waals surface area contributed by atoms with E-state index in [1.165, 1.54) is 12.7 Å². The van der Waals surface area contributed by atoms with Gasteiger partial charge >= 0.3 is 6.01 Å². The number of benzene rings is 1. The number of rotatable bonds is 8. The van der Waals surface area contributed by atoms with E-state index in [1.807, 2.05) is 36.6 Å². The topological polar surface area (TPSA) is 119 Å². The Morgan fingerprint density at radius 2 is 1.77 bits per heavy atom. The molecule has 238 valence electrons. The maximum atomic E-state index is 13.1. The molecule has 1 aliphatic carbocycles. The summed E-state index contributed by atoms with van der Waals surface area (Å²) in [7, 11) is -2.06. The molecule has 4 heterocycles. The van der Waals surface area contributed by atoms with Crippen LogP contribution >= 0.6 is 0 Å². The lowest BCUT2D eigenvalue weighted by atomic mass is 9.98. The fraction of sp³-hybridized carbons (Fsp3) is 0.625. The Hall–Kier alpha value is -2.90. The molecule has 3 aromatic rings. The van der Waals surface area contributed by atoms with Gasteiger partial charge in [-0.05, 0) is 69.8 Å². The number of nitrogens with zero attached hydrogens (tertiary/aromatic N) is 4. The Balaban J connectivity index is 1.37. The first-order valence-electron chi connectivity index (χ1n) is 15.7. The predicted octanol–water partition coefficient (Wildman–Crippen LogP) is 6.23. The van der Waals surface area contributed by atoms with Gasteiger partial charge < -0.3 is 28.7 Å². The smallest absolute Gasteiger partial charge is 0.301 e. The van der Waals surface area contributed by atoms with Gasteiger partial charge in [0.05, 0.1) is 6.61 Å². The van der Waals surface area contributed by atoms with Gasteiger partial charge in [0.25, 0.3) is 5.91 Å². The lowest BCUT2D eigenvalue weighted by Crippen LogP contribution is -2.44. The van der Waals surface area contributed by atoms with Crippen LogP contribution in [-0.2, 0) is 18.6 Å². The Labute approximate surface area is 260 Å². The highest BCUT2D eigenvalue weighted by atomic mass is 28.4. The molecule has 0 bridgehead atoms. The minimum absolute atomic E-state index is 0.0155. The highest BCUT2D eigenvalue weighted by Crippen LogP contribution is 2.46. The summed E-state index contributed by atoms with van der Waals surface area (Å²) in [4.78, 5) is 27.0. The number of ether oxygens (including phenoxy) is 4. The first-order valence-corrected chi connectivity index (χ1v) is 18.6. The maximum Gasteiger partial charge on any atom is 0.301 e. The van der Waals surface area contributed by atoms with Crippen LogP contribution in [-0.4, -0.2) is 70.6 Å². The first kappa shape index (κ1) is 31.1. The molecule has 1 N–H and O–H groups in total. The minimum atomic E-state index is -2.06. The number of nitrogens with one attached hydrogen (secondary N) is 1. The Morgan fingerprint density at radius 3 is 2.48 bits per heavy atom. The number of imidazole rings is 1. The summed E-state index contributed by atoms with van der Waals surface area (Å²) in [6.45, 7) is 15.3. The molecule has 0 spiro atoms. The van der Waals surface area contributed by atoms with E-state index in [2.05, 4.69) is 49.1 Å². The van der Waals surface area contributed by atoms with Crippen LogP contribution in [0.1, 0.15) is 83.3 Å². The van der Waals surface area contributed by atoms with Gasteiger partial charge in [0, 0.05) is 5.56 Å². The minimum Gasteiger partial charge on any atom is -0.461 e. The van der Waals surface area contributed by atoms with Crippen molar-refractivity contribution in [3.05, 3.63) is 42.2 Å². The number of carbonyl (C=O) groups excluding carboxylic acids is 1. The summed E-state index contributed by atoms with van der Waals surface area (Å²) in [6.07, 6.45) is 4.89. The number of hydrogen-bond acceptors (Lipinski definition) is 9. The standard InChI is InChI=1S/C32H45N5O6Si/c1-31(2,3)44(6,7)39-18-22-24-25(43-32(4,5)42-24)29(41-22)37-27-23(35-30(37)40-21-16-12-9-13-17-21)26(33-19-34-27)36-28(38)20-14-10-8-11-15-20/h8,10-11,14-15,19,21-22,24-25,29H,9,12-13,16-18H2,1-7H3,(H,33,34,36,38)/t22-,24-,25-,29-/m1/s1. The van der Waals surface area contributed by atoms with Crippen LogP contribution in [0, 0.1) is 0 Å². The zero-order valence-electron chi connectivity index (χ0n) is 26.8. The summed E-state index contributed by atoms with van der Waals surface area (Å²) in [6, 6.07) is 9.37. The van der Waals surface area contributed by atoms with E-state index in [0.29, 0.717) is 35.2 Å². The second-order valence-corrected chi connectivity index (χ2v) is 18.9. The molecule has 2 aromatic heterocycles. The van der Waals surface area contributed by atoms with Crippen molar-refractivity contribution in [2.75, 3.05) is 11.9 Å². The maximum absolute atomic E-state index is 13.1. The highest BCUT2D eigenvalue weighted by molar-refractivity contribution is 6.74. The number of hydrogen-bond donors (Lipinski definition) is 1. The van der Waals surface area contributed by atoms with Gasteiger partial charge in [0.15, 0.2) is 37.3 Å². The van der Waals surface area contributed by atoms with Crippen molar-refractivity contribution in [2.24, 2.45) is 0 Å². The normalized spacial score (nSPS) is 25.7. The van der Waals surface area contributed by atoms with Crippen molar-refractivity contribution in [3.8, 4) is 6.01 Å². The quantitative estimate of drug-likeness (QED) is 0.291. The summed E-state index contributed by atoms with van der Waals surface area (Å²) in [5, 5.41) is 2.97. The van der Waals surface area contributed by atoms with E-state index >= 15 is 0 Å². The van der Waals surface area contributed by atoms with Crippen LogP contribution in [0.4, 0.5) is 5.82 Å². The average molecular weight is 624 g/mol.